The topological polar surface area (TPSA) is 73.3 Å². The minimum Gasteiger partial charge on any atom is -0.494 e. The van der Waals surface area contributed by atoms with E-state index in [-0.39, 0.29) is 12.5 Å². The van der Waals surface area contributed by atoms with Crippen LogP contribution in [0, 0.1) is 6.92 Å². The molecule has 0 spiro atoms. The molecule has 3 rings (SSSR count). The Labute approximate surface area is 156 Å². The van der Waals surface area contributed by atoms with E-state index in [1.807, 2.05) is 62.4 Å². The Kier molecular flexibility index (Phi) is 5.80. The van der Waals surface area contributed by atoms with Gasteiger partial charge in [0.05, 0.1) is 6.61 Å². The highest BCUT2D eigenvalue weighted by Crippen LogP contribution is 2.23. The first-order chi connectivity index (χ1) is 12.6. The molecule has 7 heteroatoms. The van der Waals surface area contributed by atoms with Crippen LogP contribution in [-0.2, 0) is 4.79 Å². The lowest BCUT2D eigenvalue weighted by atomic mass is 10.2. The van der Waals surface area contributed by atoms with Crippen LogP contribution in [0.15, 0.2) is 48.5 Å². The van der Waals surface area contributed by atoms with E-state index in [1.165, 1.54) is 0 Å². The fourth-order valence-corrected chi connectivity index (χ4v) is 2.80. The van der Waals surface area contributed by atoms with Crippen LogP contribution in [0.4, 0.5) is 5.13 Å². The summed E-state index contributed by atoms with van der Waals surface area (Å²) >= 11 is 1.13. The number of ether oxygens (including phenoxy) is 2. The van der Waals surface area contributed by atoms with Crippen molar-refractivity contribution in [2.45, 2.75) is 13.8 Å². The number of carbonyl (C=O) groups is 1. The van der Waals surface area contributed by atoms with Gasteiger partial charge in [0.15, 0.2) is 12.4 Å². The highest BCUT2D eigenvalue weighted by molar-refractivity contribution is 7.10. The van der Waals surface area contributed by atoms with Gasteiger partial charge in [0.1, 0.15) is 11.5 Å². The van der Waals surface area contributed by atoms with E-state index in [0.29, 0.717) is 23.3 Å². The van der Waals surface area contributed by atoms with E-state index in [9.17, 15) is 4.79 Å². The van der Waals surface area contributed by atoms with Crippen molar-refractivity contribution in [1.82, 2.24) is 9.36 Å². The summed E-state index contributed by atoms with van der Waals surface area (Å²) in [7, 11) is 0. The number of amides is 1. The van der Waals surface area contributed by atoms with Crippen molar-refractivity contribution in [3.05, 3.63) is 54.1 Å². The van der Waals surface area contributed by atoms with Gasteiger partial charge in [0.25, 0.3) is 5.91 Å². The molecule has 2 aromatic carbocycles. The van der Waals surface area contributed by atoms with Gasteiger partial charge in [0, 0.05) is 17.1 Å². The molecule has 1 N–H and O–H groups in total. The second kappa shape index (κ2) is 8.44. The van der Waals surface area contributed by atoms with Crippen molar-refractivity contribution in [3.63, 3.8) is 0 Å². The number of hydrogen-bond donors (Lipinski definition) is 1. The number of anilines is 1. The van der Waals surface area contributed by atoms with E-state index < -0.39 is 0 Å². The zero-order valence-electron chi connectivity index (χ0n) is 14.6. The number of aryl methyl sites for hydroxylation is 1. The molecule has 134 valence electrons. The maximum absolute atomic E-state index is 12.0. The second-order valence-electron chi connectivity index (χ2n) is 5.53. The average molecular weight is 369 g/mol. The third-order valence-electron chi connectivity index (χ3n) is 3.49. The lowest BCUT2D eigenvalue weighted by molar-refractivity contribution is -0.118. The first-order valence-corrected chi connectivity index (χ1v) is 8.97. The first kappa shape index (κ1) is 17.9. The normalized spacial score (nSPS) is 10.4. The molecule has 1 heterocycles. The third kappa shape index (κ3) is 4.80. The van der Waals surface area contributed by atoms with Crippen LogP contribution < -0.4 is 14.8 Å². The summed E-state index contributed by atoms with van der Waals surface area (Å²) in [4.78, 5) is 16.3. The summed E-state index contributed by atoms with van der Waals surface area (Å²) in [5, 5.41) is 3.14. The molecule has 1 amide bonds. The molecule has 0 atom stereocenters. The van der Waals surface area contributed by atoms with Crippen LogP contribution >= 0.6 is 11.5 Å². The molecule has 0 aliphatic rings. The zero-order valence-corrected chi connectivity index (χ0v) is 15.4. The lowest BCUT2D eigenvalue weighted by Gasteiger charge is -2.05. The smallest absolute Gasteiger partial charge is 0.264 e. The maximum atomic E-state index is 12.0. The maximum Gasteiger partial charge on any atom is 0.264 e. The Hall–Kier alpha value is -2.93. The van der Waals surface area contributed by atoms with Crippen LogP contribution in [0.5, 0.6) is 11.5 Å². The van der Waals surface area contributed by atoms with Crippen molar-refractivity contribution in [3.8, 4) is 22.9 Å². The monoisotopic (exact) mass is 369 g/mol. The van der Waals surface area contributed by atoms with Gasteiger partial charge in [-0.25, -0.2) is 0 Å². The molecule has 3 aromatic rings. The molecule has 0 fully saturated rings. The Balaban J connectivity index is 1.55. The summed E-state index contributed by atoms with van der Waals surface area (Å²) in [5.74, 6) is 1.74. The second-order valence-corrected chi connectivity index (χ2v) is 6.28. The van der Waals surface area contributed by atoms with E-state index in [4.69, 9.17) is 9.47 Å². The first-order valence-electron chi connectivity index (χ1n) is 8.20. The van der Waals surface area contributed by atoms with Crippen molar-refractivity contribution in [2.75, 3.05) is 18.5 Å². The molecular weight excluding hydrogens is 350 g/mol. The largest absolute Gasteiger partial charge is 0.494 e. The molecule has 0 unspecified atom stereocenters. The van der Waals surface area contributed by atoms with Crippen molar-refractivity contribution in [2.24, 2.45) is 0 Å². The number of aromatic nitrogens is 2. The molecule has 0 saturated heterocycles. The summed E-state index contributed by atoms with van der Waals surface area (Å²) in [5.41, 5.74) is 2.00. The van der Waals surface area contributed by atoms with Gasteiger partial charge in [-0.15, -0.1) is 0 Å². The molecule has 0 aliphatic heterocycles. The lowest BCUT2D eigenvalue weighted by Crippen LogP contribution is -2.20. The van der Waals surface area contributed by atoms with Gasteiger partial charge < -0.3 is 9.47 Å². The number of benzene rings is 2. The minimum atomic E-state index is -0.278. The summed E-state index contributed by atoms with van der Waals surface area (Å²) in [6, 6.07) is 15.0. The molecule has 0 radical (unpaired) electrons. The summed E-state index contributed by atoms with van der Waals surface area (Å²) in [6.07, 6.45) is 0. The predicted molar refractivity (Wildman–Crippen MR) is 102 cm³/mol. The van der Waals surface area contributed by atoms with Crippen LogP contribution in [0.25, 0.3) is 11.4 Å². The van der Waals surface area contributed by atoms with Gasteiger partial charge in [-0.2, -0.15) is 9.36 Å². The van der Waals surface area contributed by atoms with Crippen LogP contribution in [-0.4, -0.2) is 28.5 Å². The minimum absolute atomic E-state index is 0.0823. The molecule has 26 heavy (non-hydrogen) atoms. The van der Waals surface area contributed by atoms with Crippen molar-refractivity contribution in [1.29, 1.82) is 0 Å². The molecule has 0 bridgehead atoms. The summed E-state index contributed by atoms with van der Waals surface area (Å²) in [6.45, 7) is 4.47. The number of carbonyl (C=O) groups excluding carboxylic acids is 1. The fourth-order valence-electron chi connectivity index (χ4n) is 2.20. The van der Waals surface area contributed by atoms with Crippen molar-refractivity contribution >= 4 is 22.6 Å². The predicted octanol–water partition coefficient (Wildman–Crippen LogP) is 3.93. The number of nitrogens with one attached hydrogen (secondary N) is 1. The third-order valence-corrected chi connectivity index (χ3v) is 4.12. The Bertz CT molecular complexity index is 860. The molecule has 6 nitrogen and oxygen atoms in total. The Morgan fingerprint density at radius 1 is 1.04 bits per heavy atom. The van der Waals surface area contributed by atoms with Gasteiger partial charge in [-0.05, 0) is 50.2 Å². The molecule has 0 saturated carbocycles. The Morgan fingerprint density at radius 2 is 1.69 bits per heavy atom. The number of nitrogens with zero attached hydrogens (tertiary/aromatic N) is 2. The van der Waals surface area contributed by atoms with E-state index in [0.717, 1.165) is 28.4 Å². The molecule has 1 aromatic heterocycles. The Morgan fingerprint density at radius 3 is 2.38 bits per heavy atom. The van der Waals surface area contributed by atoms with E-state index in [1.54, 1.807) is 0 Å². The standard InChI is InChI=1S/C19H19N3O3S/c1-3-24-15-10-6-14(7-11-15)18-21-19(26-22-18)20-17(23)12-25-16-8-4-13(2)5-9-16/h4-11H,3,12H2,1-2H3,(H,20,21,22,23). The zero-order chi connectivity index (χ0) is 18.4. The number of rotatable bonds is 7. The van der Waals surface area contributed by atoms with Crippen molar-refractivity contribution < 1.29 is 14.3 Å². The van der Waals surface area contributed by atoms with Gasteiger partial charge in [0.2, 0.25) is 5.13 Å². The summed E-state index contributed by atoms with van der Waals surface area (Å²) < 4.78 is 15.1. The van der Waals surface area contributed by atoms with Crippen LogP contribution in [0.1, 0.15) is 12.5 Å². The highest BCUT2D eigenvalue weighted by Gasteiger charge is 2.10. The molecule has 0 aliphatic carbocycles. The average Bonchev–Trinajstić information content (AvgIpc) is 3.10. The van der Waals surface area contributed by atoms with E-state index >= 15 is 0 Å². The highest BCUT2D eigenvalue weighted by atomic mass is 32.1. The van der Waals surface area contributed by atoms with Gasteiger partial charge in [-0.1, -0.05) is 17.7 Å². The molecular formula is C19H19N3O3S. The van der Waals surface area contributed by atoms with Gasteiger partial charge >= 0.3 is 0 Å². The number of hydrogen-bond acceptors (Lipinski definition) is 6. The van der Waals surface area contributed by atoms with Crippen LogP contribution in [0.3, 0.4) is 0 Å². The van der Waals surface area contributed by atoms with Gasteiger partial charge in [-0.3, -0.25) is 10.1 Å². The van der Waals surface area contributed by atoms with Crippen LogP contribution in [0.2, 0.25) is 0 Å². The fraction of sp³-hybridized carbons (Fsp3) is 0.211. The SMILES string of the molecule is CCOc1ccc(-c2nsc(NC(=O)COc3ccc(C)cc3)n2)cc1. The van der Waals surface area contributed by atoms with E-state index in [2.05, 4.69) is 14.7 Å². The quantitative estimate of drug-likeness (QED) is 0.683.